The number of carbonyl (C=O) groups excluding carboxylic acids is 3. The lowest BCUT2D eigenvalue weighted by atomic mass is 10.0. The number of hydrogen-bond acceptors (Lipinski definition) is 6. The summed E-state index contributed by atoms with van der Waals surface area (Å²) in [4.78, 5) is 37.8. The molecule has 0 rings (SSSR count). The van der Waals surface area contributed by atoms with E-state index in [2.05, 4.69) is 45.1 Å². The number of allylic oxidation sites excluding steroid dienone is 4. The van der Waals surface area contributed by atoms with E-state index in [0.717, 1.165) is 70.6 Å². The van der Waals surface area contributed by atoms with Gasteiger partial charge in [-0.1, -0.05) is 206 Å². The van der Waals surface area contributed by atoms with Gasteiger partial charge in [0.25, 0.3) is 0 Å². The molecule has 57 heavy (non-hydrogen) atoms. The summed E-state index contributed by atoms with van der Waals surface area (Å²) in [6.07, 6.45) is 51.6. The van der Waals surface area contributed by atoms with E-state index in [-0.39, 0.29) is 31.1 Å². The van der Waals surface area contributed by atoms with Crippen LogP contribution in [0.5, 0.6) is 0 Å². The van der Waals surface area contributed by atoms with Gasteiger partial charge in [-0.25, -0.2) is 0 Å². The Kier molecular flexibility index (Phi) is 44.9. The van der Waals surface area contributed by atoms with Crippen LogP contribution in [0, 0.1) is 0 Å². The van der Waals surface area contributed by atoms with Gasteiger partial charge in [0.2, 0.25) is 0 Å². The fourth-order valence-corrected chi connectivity index (χ4v) is 7.12. The minimum Gasteiger partial charge on any atom is -0.462 e. The van der Waals surface area contributed by atoms with E-state index in [1.807, 2.05) is 0 Å². The van der Waals surface area contributed by atoms with E-state index in [1.54, 1.807) is 0 Å². The fourth-order valence-electron chi connectivity index (χ4n) is 7.12. The molecule has 6 heteroatoms. The summed E-state index contributed by atoms with van der Waals surface area (Å²) in [5, 5.41) is 0. The highest BCUT2D eigenvalue weighted by Crippen LogP contribution is 2.15. The lowest BCUT2D eigenvalue weighted by Crippen LogP contribution is -2.30. The third-order valence-corrected chi connectivity index (χ3v) is 10.9. The summed E-state index contributed by atoms with van der Waals surface area (Å²) in [6.45, 7) is 6.59. The van der Waals surface area contributed by atoms with Crippen LogP contribution in [0.4, 0.5) is 0 Å². The standard InChI is InChI=1S/C51H94O6/c1-4-7-10-13-16-19-22-24-25-27-29-32-35-38-41-44-50(53)56-47-48(46-55-49(52)43-40-37-34-31-28-21-18-15-12-9-6-3)57-51(54)45-42-39-36-33-30-26-23-20-17-14-11-8-5-2/h15,18,20,23,48H,4-14,16-17,19,21-22,24-47H2,1-3H3/b18-15-,23-20-. The number of rotatable bonds is 45. The SMILES string of the molecule is CCCC/C=C\CCCCCCCC(=O)OCC(COC(=O)CCCCCCCCCCCCCCCCC)OC(=O)CCCCCCC/C=C\CCCCCC. The Bertz CT molecular complexity index is 927. The van der Waals surface area contributed by atoms with Gasteiger partial charge in [-0.3, -0.25) is 14.4 Å². The second kappa shape index (κ2) is 46.6. The van der Waals surface area contributed by atoms with Crippen LogP contribution in [0.15, 0.2) is 24.3 Å². The molecule has 0 saturated heterocycles. The van der Waals surface area contributed by atoms with E-state index in [4.69, 9.17) is 14.2 Å². The molecular weight excluding hydrogens is 709 g/mol. The molecule has 0 bridgehead atoms. The van der Waals surface area contributed by atoms with Gasteiger partial charge < -0.3 is 14.2 Å². The van der Waals surface area contributed by atoms with Crippen LogP contribution < -0.4 is 0 Å². The van der Waals surface area contributed by atoms with Crippen molar-refractivity contribution in [3.8, 4) is 0 Å². The summed E-state index contributed by atoms with van der Waals surface area (Å²) in [5.41, 5.74) is 0. The quantitative estimate of drug-likeness (QED) is 0.0264. The number of ether oxygens (including phenoxy) is 3. The molecule has 0 fully saturated rings. The highest BCUT2D eigenvalue weighted by molar-refractivity contribution is 5.71. The lowest BCUT2D eigenvalue weighted by Gasteiger charge is -2.18. The zero-order valence-electron chi connectivity index (χ0n) is 38.1. The van der Waals surface area contributed by atoms with Crippen molar-refractivity contribution in [3.05, 3.63) is 24.3 Å². The van der Waals surface area contributed by atoms with Crippen LogP contribution in [-0.2, 0) is 28.6 Å². The molecule has 0 saturated carbocycles. The zero-order valence-corrected chi connectivity index (χ0v) is 38.1. The van der Waals surface area contributed by atoms with Crippen molar-refractivity contribution in [2.45, 2.75) is 271 Å². The Balaban J connectivity index is 4.34. The molecule has 0 spiro atoms. The van der Waals surface area contributed by atoms with Gasteiger partial charge >= 0.3 is 17.9 Å². The van der Waals surface area contributed by atoms with Crippen LogP contribution in [0.25, 0.3) is 0 Å². The van der Waals surface area contributed by atoms with E-state index in [9.17, 15) is 14.4 Å². The zero-order chi connectivity index (χ0) is 41.5. The maximum Gasteiger partial charge on any atom is 0.306 e. The van der Waals surface area contributed by atoms with Gasteiger partial charge in [-0.15, -0.1) is 0 Å². The highest BCUT2D eigenvalue weighted by Gasteiger charge is 2.19. The number of unbranched alkanes of at least 4 members (excludes halogenated alkanes) is 30. The minimum atomic E-state index is -0.773. The first-order valence-electron chi connectivity index (χ1n) is 24.8. The van der Waals surface area contributed by atoms with Crippen molar-refractivity contribution in [3.63, 3.8) is 0 Å². The summed E-state index contributed by atoms with van der Waals surface area (Å²) in [5.74, 6) is -0.883. The Hall–Kier alpha value is -2.11. The van der Waals surface area contributed by atoms with Crippen molar-refractivity contribution < 1.29 is 28.6 Å². The molecule has 0 aliphatic carbocycles. The van der Waals surface area contributed by atoms with Crippen molar-refractivity contribution >= 4 is 17.9 Å². The van der Waals surface area contributed by atoms with Crippen molar-refractivity contribution in [2.75, 3.05) is 13.2 Å². The van der Waals surface area contributed by atoms with E-state index >= 15 is 0 Å². The second-order valence-corrected chi connectivity index (χ2v) is 16.7. The summed E-state index contributed by atoms with van der Waals surface area (Å²) >= 11 is 0. The summed E-state index contributed by atoms with van der Waals surface area (Å²) < 4.78 is 16.7. The summed E-state index contributed by atoms with van der Waals surface area (Å²) in [7, 11) is 0. The highest BCUT2D eigenvalue weighted by atomic mass is 16.6. The summed E-state index contributed by atoms with van der Waals surface area (Å²) in [6, 6.07) is 0. The first-order valence-corrected chi connectivity index (χ1v) is 24.8. The lowest BCUT2D eigenvalue weighted by molar-refractivity contribution is -0.167. The molecule has 0 amide bonds. The van der Waals surface area contributed by atoms with E-state index in [1.165, 1.54) is 154 Å². The molecule has 0 heterocycles. The van der Waals surface area contributed by atoms with Crippen molar-refractivity contribution in [2.24, 2.45) is 0 Å². The molecule has 334 valence electrons. The topological polar surface area (TPSA) is 78.9 Å². The Labute approximate surface area is 353 Å². The molecule has 1 atom stereocenters. The molecule has 0 N–H and O–H groups in total. The number of hydrogen-bond donors (Lipinski definition) is 0. The van der Waals surface area contributed by atoms with Gasteiger partial charge in [-0.2, -0.15) is 0 Å². The van der Waals surface area contributed by atoms with Gasteiger partial charge in [0.1, 0.15) is 13.2 Å². The Morgan fingerprint density at radius 3 is 0.947 bits per heavy atom. The van der Waals surface area contributed by atoms with E-state index in [0.29, 0.717) is 19.3 Å². The van der Waals surface area contributed by atoms with E-state index < -0.39 is 6.10 Å². The predicted molar refractivity (Wildman–Crippen MR) is 243 cm³/mol. The Morgan fingerprint density at radius 1 is 0.333 bits per heavy atom. The average molecular weight is 803 g/mol. The molecule has 6 nitrogen and oxygen atoms in total. The monoisotopic (exact) mass is 803 g/mol. The molecular formula is C51H94O6. The number of carbonyl (C=O) groups is 3. The molecule has 0 aromatic heterocycles. The third kappa shape index (κ3) is 44.8. The van der Waals surface area contributed by atoms with Gasteiger partial charge in [0.15, 0.2) is 6.10 Å². The van der Waals surface area contributed by atoms with Gasteiger partial charge in [0, 0.05) is 19.3 Å². The first kappa shape index (κ1) is 54.9. The number of esters is 3. The van der Waals surface area contributed by atoms with Crippen LogP contribution in [0.2, 0.25) is 0 Å². The van der Waals surface area contributed by atoms with Crippen LogP contribution in [-0.4, -0.2) is 37.2 Å². The largest absolute Gasteiger partial charge is 0.462 e. The van der Waals surface area contributed by atoms with Gasteiger partial charge in [-0.05, 0) is 64.2 Å². The third-order valence-electron chi connectivity index (χ3n) is 10.9. The van der Waals surface area contributed by atoms with Gasteiger partial charge in [0.05, 0.1) is 0 Å². The minimum absolute atomic E-state index is 0.0738. The van der Waals surface area contributed by atoms with Crippen molar-refractivity contribution in [1.82, 2.24) is 0 Å². The maximum atomic E-state index is 12.7. The Morgan fingerprint density at radius 2 is 0.596 bits per heavy atom. The van der Waals surface area contributed by atoms with Crippen molar-refractivity contribution in [1.29, 1.82) is 0 Å². The molecule has 1 unspecified atom stereocenters. The average Bonchev–Trinajstić information content (AvgIpc) is 3.21. The fraction of sp³-hybridized carbons (Fsp3) is 0.863. The van der Waals surface area contributed by atoms with Crippen LogP contribution in [0.1, 0.15) is 265 Å². The first-order chi connectivity index (χ1) is 28.0. The predicted octanol–water partition coefficient (Wildman–Crippen LogP) is 16.0. The molecule has 0 aliphatic rings. The maximum absolute atomic E-state index is 12.7. The second-order valence-electron chi connectivity index (χ2n) is 16.7. The van der Waals surface area contributed by atoms with Crippen LogP contribution in [0.3, 0.4) is 0 Å². The molecule has 0 aromatic rings. The molecule has 0 aromatic carbocycles. The van der Waals surface area contributed by atoms with Crippen LogP contribution >= 0.6 is 0 Å². The normalized spacial score (nSPS) is 12.1. The molecule has 0 radical (unpaired) electrons. The smallest absolute Gasteiger partial charge is 0.306 e. The molecule has 0 aliphatic heterocycles.